The highest BCUT2D eigenvalue weighted by Crippen LogP contribution is 2.21. The molecule has 0 aliphatic rings. The molecule has 1 N–H and O–H groups in total. The van der Waals surface area contributed by atoms with E-state index in [0.29, 0.717) is 12.1 Å². The van der Waals surface area contributed by atoms with Crippen LogP contribution in [-0.2, 0) is 16.1 Å². The van der Waals surface area contributed by atoms with E-state index < -0.39 is 5.97 Å². The molecule has 0 saturated carbocycles. The zero-order chi connectivity index (χ0) is 15.2. The molecule has 0 atom stereocenters. The van der Waals surface area contributed by atoms with Crippen molar-refractivity contribution >= 4 is 22.8 Å². The van der Waals surface area contributed by atoms with Crippen LogP contribution in [0.25, 0.3) is 10.9 Å². The molecule has 0 aliphatic heterocycles. The van der Waals surface area contributed by atoms with Gasteiger partial charge in [-0.2, -0.15) is 0 Å². The third-order valence-corrected chi connectivity index (χ3v) is 3.36. The number of rotatable bonds is 6. The van der Waals surface area contributed by atoms with Gasteiger partial charge in [0.05, 0.1) is 12.7 Å². The first kappa shape index (κ1) is 15.1. The summed E-state index contributed by atoms with van der Waals surface area (Å²) in [7, 11) is 1.35. The molecule has 2 aromatic rings. The molecule has 0 bridgehead atoms. The molecule has 5 heteroatoms. The summed E-state index contributed by atoms with van der Waals surface area (Å²) in [6.45, 7) is 2.95. The van der Waals surface area contributed by atoms with Crippen LogP contribution in [0, 0.1) is 0 Å². The highest BCUT2D eigenvalue weighted by atomic mass is 16.5. The molecule has 1 heterocycles. The van der Waals surface area contributed by atoms with Crippen LogP contribution in [-0.4, -0.2) is 30.1 Å². The van der Waals surface area contributed by atoms with Crippen LogP contribution < -0.4 is 5.32 Å². The molecule has 2 rings (SSSR count). The van der Waals surface area contributed by atoms with Crippen LogP contribution in [0.4, 0.5) is 0 Å². The first-order valence-electron chi connectivity index (χ1n) is 7.10. The second-order valence-corrected chi connectivity index (χ2v) is 4.88. The predicted molar refractivity (Wildman–Crippen MR) is 81.2 cm³/mol. The number of amides is 1. The van der Waals surface area contributed by atoms with Crippen LogP contribution >= 0.6 is 0 Å². The molecule has 5 nitrogen and oxygen atoms in total. The number of para-hydroxylation sites is 1. The first-order chi connectivity index (χ1) is 10.2. The standard InChI is InChI=1S/C16H20N2O3/c1-3-4-9-17-15(19)11-18-10-13(16(20)21-2)12-7-5-6-8-14(12)18/h5-8,10H,3-4,9,11H2,1-2H3,(H,17,19). The Morgan fingerprint density at radius 2 is 2.05 bits per heavy atom. The maximum atomic E-state index is 11.9. The van der Waals surface area contributed by atoms with Gasteiger partial charge in [0.1, 0.15) is 6.54 Å². The Morgan fingerprint density at radius 3 is 2.76 bits per heavy atom. The van der Waals surface area contributed by atoms with Gasteiger partial charge in [0, 0.05) is 23.6 Å². The molecule has 1 aromatic heterocycles. The zero-order valence-corrected chi connectivity index (χ0v) is 12.4. The lowest BCUT2D eigenvalue weighted by molar-refractivity contribution is -0.121. The van der Waals surface area contributed by atoms with Gasteiger partial charge in [0.2, 0.25) is 5.91 Å². The maximum Gasteiger partial charge on any atom is 0.340 e. The molecule has 0 spiro atoms. The third-order valence-electron chi connectivity index (χ3n) is 3.36. The van der Waals surface area contributed by atoms with Crippen LogP contribution in [0.5, 0.6) is 0 Å². The molecule has 21 heavy (non-hydrogen) atoms. The van der Waals surface area contributed by atoms with Gasteiger partial charge in [-0.05, 0) is 12.5 Å². The normalized spacial score (nSPS) is 10.6. The summed E-state index contributed by atoms with van der Waals surface area (Å²) >= 11 is 0. The Balaban J connectivity index is 2.24. The third kappa shape index (κ3) is 3.42. The summed E-state index contributed by atoms with van der Waals surface area (Å²) in [5.74, 6) is -0.447. The van der Waals surface area contributed by atoms with E-state index in [1.807, 2.05) is 24.3 Å². The van der Waals surface area contributed by atoms with Crippen molar-refractivity contribution < 1.29 is 14.3 Å². The molecular formula is C16H20N2O3. The quantitative estimate of drug-likeness (QED) is 0.655. The van der Waals surface area contributed by atoms with Gasteiger partial charge in [0.25, 0.3) is 0 Å². The van der Waals surface area contributed by atoms with Crippen molar-refractivity contribution in [3.8, 4) is 0 Å². The maximum absolute atomic E-state index is 11.9. The number of nitrogens with one attached hydrogen (secondary N) is 1. The predicted octanol–water partition coefficient (Wildman–Crippen LogP) is 2.34. The Bertz CT molecular complexity index is 646. The summed E-state index contributed by atoms with van der Waals surface area (Å²) in [6.07, 6.45) is 3.68. The van der Waals surface area contributed by atoms with Gasteiger partial charge in [-0.25, -0.2) is 4.79 Å². The fourth-order valence-corrected chi connectivity index (χ4v) is 2.27. The summed E-state index contributed by atoms with van der Waals surface area (Å²) < 4.78 is 6.57. The monoisotopic (exact) mass is 288 g/mol. The van der Waals surface area contributed by atoms with Crippen LogP contribution in [0.2, 0.25) is 0 Å². The van der Waals surface area contributed by atoms with Gasteiger partial charge >= 0.3 is 5.97 Å². The Labute approximate surface area is 123 Å². The average molecular weight is 288 g/mol. The second kappa shape index (κ2) is 6.92. The molecule has 0 unspecified atom stereocenters. The summed E-state index contributed by atoms with van der Waals surface area (Å²) in [5.41, 5.74) is 1.33. The lowest BCUT2D eigenvalue weighted by Gasteiger charge is -2.06. The Kier molecular flexibility index (Phi) is 4.98. The lowest BCUT2D eigenvalue weighted by Crippen LogP contribution is -2.28. The number of fused-ring (bicyclic) bond motifs is 1. The number of esters is 1. The van der Waals surface area contributed by atoms with Gasteiger partial charge in [-0.3, -0.25) is 4.79 Å². The fraction of sp³-hybridized carbons (Fsp3) is 0.375. The lowest BCUT2D eigenvalue weighted by atomic mass is 10.2. The number of unbranched alkanes of at least 4 members (excludes halogenated alkanes) is 1. The summed E-state index contributed by atoms with van der Waals surface area (Å²) in [6, 6.07) is 7.49. The van der Waals surface area contributed by atoms with Gasteiger partial charge in [0.15, 0.2) is 0 Å². The van der Waals surface area contributed by atoms with Crippen molar-refractivity contribution in [1.29, 1.82) is 0 Å². The van der Waals surface area contributed by atoms with Crippen molar-refractivity contribution in [2.24, 2.45) is 0 Å². The van der Waals surface area contributed by atoms with Crippen molar-refractivity contribution in [1.82, 2.24) is 9.88 Å². The van der Waals surface area contributed by atoms with E-state index in [-0.39, 0.29) is 12.5 Å². The van der Waals surface area contributed by atoms with Crippen LogP contribution in [0.15, 0.2) is 30.5 Å². The molecule has 0 fully saturated rings. The molecule has 112 valence electrons. The Hall–Kier alpha value is -2.30. The van der Waals surface area contributed by atoms with Gasteiger partial charge in [-0.15, -0.1) is 0 Å². The van der Waals surface area contributed by atoms with Crippen molar-refractivity contribution in [2.45, 2.75) is 26.3 Å². The van der Waals surface area contributed by atoms with Crippen LogP contribution in [0.1, 0.15) is 30.1 Å². The van der Waals surface area contributed by atoms with E-state index in [4.69, 9.17) is 4.74 Å². The average Bonchev–Trinajstić information content (AvgIpc) is 2.86. The summed E-state index contributed by atoms with van der Waals surface area (Å²) in [5, 5.41) is 3.67. The fourth-order valence-electron chi connectivity index (χ4n) is 2.27. The number of hydrogen-bond donors (Lipinski definition) is 1. The molecule has 0 aliphatic carbocycles. The summed E-state index contributed by atoms with van der Waals surface area (Å²) in [4.78, 5) is 23.7. The highest BCUT2D eigenvalue weighted by molar-refractivity contribution is 6.04. The number of carbonyl (C=O) groups is 2. The minimum atomic E-state index is -0.392. The van der Waals surface area contributed by atoms with Gasteiger partial charge in [-0.1, -0.05) is 31.5 Å². The van der Waals surface area contributed by atoms with Crippen molar-refractivity contribution in [2.75, 3.05) is 13.7 Å². The number of hydrogen-bond acceptors (Lipinski definition) is 3. The number of carbonyl (C=O) groups excluding carboxylic acids is 2. The zero-order valence-electron chi connectivity index (χ0n) is 12.4. The molecule has 0 saturated heterocycles. The largest absolute Gasteiger partial charge is 0.465 e. The molecule has 1 amide bonds. The van der Waals surface area contributed by atoms with Crippen molar-refractivity contribution in [3.63, 3.8) is 0 Å². The molecular weight excluding hydrogens is 268 g/mol. The van der Waals surface area contributed by atoms with E-state index in [0.717, 1.165) is 23.7 Å². The van der Waals surface area contributed by atoms with Crippen molar-refractivity contribution in [3.05, 3.63) is 36.0 Å². The van der Waals surface area contributed by atoms with E-state index in [2.05, 4.69) is 12.2 Å². The highest BCUT2D eigenvalue weighted by Gasteiger charge is 2.16. The van der Waals surface area contributed by atoms with E-state index >= 15 is 0 Å². The minimum Gasteiger partial charge on any atom is -0.465 e. The number of ether oxygens (including phenoxy) is 1. The van der Waals surface area contributed by atoms with Gasteiger partial charge < -0.3 is 14.6 Å². The number of benzene rings is 1. The van der Waals surface area contributed by atoms with Crippen LogP contribution in [0.3, 0.4) is 0 Å². The number of nitrogens with zero attached hydrogens (tertiary/aromatic N) is 1. The topological polar surface area (TPSA) is 60.3 Å². The SMILES string of the molecule is CCCCNC(=O)Cn1cc(C(=O)OC)c2ccccc21. The van der Waals surface area contributed by atoms with E-state index in [1.54, 1.807) is 10.8 Å². The smallest absolute Gasteiger partial charge is 0.340 e. The molecule has 1 aromatic carbocycles. The number of aromatic nitrogens is 1. The molecule has 0 radical (unpaired) electrons. The second-order valence-electron chi connectivity index (χ2n) is 4.88. The van der Waals surface area contributed by atoms with E-state index in [9.17, 15) is 9.59 Å². The Morgan fingerprint density at radius 1 is 1.29 bits per heavy atom. The number of methoxy groups -OCH3 is 1. The first-order valence-corrected chi connectivity index (χ1v) is 7.10. The minimum absolute atomic E-state index is 0.0550. The van der Waals surface area contributed by atoms with E-state index in [1.165, 1.54) is 7.11 Å².